The molecule has 1 N–H and O–H groups in total. The number of nitrogens with one attached hydrogen (secondary N) is 1. The minimum atomic E-state index is -0.0723. The van der Waals surface area contributed by atoms with Crippen LogP contribution in [0.2, 0.25) is 0 Å². The first-order valence-electron chi connectivity index (χ1n) is 27.7. The van der Waals surface area contributed by atoms with E-state index >= 15 is 0 Å². The minimum absolute atomic E-state index is 0.0723. The van der Waals surface area contributed by atoms with Gasteiger partial charge in [0.1, 0.15) is 22.7 Å². The second kappa shape index (κ2) is 23.2. The van der Waals surface area contributed by atoms with Gasteiger partial charge in [0.15, 0.2) is 11.3 Å². The number of fused-ring (bicyclic) bond motifs is 6. The van der Waals surface area contributed by atoms with Gasteiger partial charge in [0.2, 0.25) is 0 Å². The molecule has 0 saturated heterocycles. The Morgan fingerprint density at radius 2 is 0.787 bits per heavy atom. The van der Waals surface area contributed by atoms with E-state index in [4.69, 9.17) is 9.97 Å². The Morgan fingerprint density at radius 3 is 1.23 bits per heavy atom. The third-order valence-electron chi connectivity index (χ3n) is 15.2. The first-order valence-corrected chi connectivity index (χ1v) is 28.5. The van der Waals surface area contributed by atoms with Crippen LogP contribution >= 0.6 is 15.9 Å². The number of aromatic nitrogens is 6. The smallest absolute Gasteiger partial charge is 0.164 e. The number of hydrogen-bond donors (Lipinski definition) is 1. The number of unbranched alkanes of at least 4 members (excludes halogenated alkanes) is 2. The highest BCUT2D eigenvalue weighted by molar-refractivity contribution is 9.10. The van der Waals surface area contributed by atoms with Crippen molar-refractivity contribution in [2.24, 2.45) is 0 Å². The Kier molecular flexibility index (Phi) is 15.4. The van der Waals surface area contributed by atoms with Crippen LogP contribution in [-0.4, -0.2) is 29.1 Å². The molecule has 4 aromatic heterocycles. The highest BCUT2D eigenvalue weighted by Crippen LogP contribution is 2.52. The van der Waals surface area contributed by atoms with E-state index in [1.54, 1.807) is 6.20 Å². The molecule has 8 aromatic carbocycles. The number of halogens is 1. The number of rotatable bonds is 7. The van der Waals surface area contributed by atoms with Crippen molar-refractivity contribution in [2.75, 3.05) is 10.2 Å². The topological polar surface area (TPSA) is 76.7 Å². The average Bonchev–Trinajstić information content (AvgIpc) is 4.11. The van der Waals surface area contributed by atoms with Crippen molar-refractivity contribution in [3.63, 3.8) is 0 Å². The van der Waals surface area contributed by atoms with Gasteiger partial charge in [-0.3, -0.25) is 9.13 Å². The molecule has 14 rings (SSSR count). The Bertz CT molecular complexity index is 3950. The maximum Gasteiger partial charge on any atom is 0.164 e. The lowest BCUT2D eigenvalue weighted by Crippen LogP contribution is -2.30. The van der Waals surface area contributed by atoms with Crippen LogP contribution in [0.3, 0.4) is 0 Å². The number of benzene rings is 8. The number of pyridine rings is 2. The van der Waals surface area contributed by atoms with Gasteiger partial charge in [-0.1, -0.05) is 198 Å². The van der Waals surface area contributed by atoms with Crippen LogP contribution in [0.15, 0.2) is 247 Å². The Morgan fingerprint density at radius 1 is 0.400 bits per heavy atom. The summed E-state index contributed by atoms with van der Waals surface area (Å²) in [4.78, 5) is 21.3. The highest BCUT2D eigenvalue weighted by atomic mass is 79.9. The summed E-state index contributed by atoms with van der Waals surface area (Å²) in [5.41, 5.74) is 19.1. The number of para-hydroxylation sites is 6. The monoisotopic (exact) mass is 1110 g/mol. The molecule has 0 fully saturated rings. The lowest BCUT2D eigenvalue weighted by Gasteiger charge is -2.42. The van der Waals surface area contributed by atoms with Crippen LogP contribution in [0, 0.1) is 0 Å². The average molecular weight is 1110 g/mol. The molecule has 2 aliphatic rings. The first kappa shape index (κ1) is 53.1. The molecular weight excluding hydrogens is 1040 g/mol. The molecule has 2 aliphatic heterocycles. The number of hydrogen-bond acceptors (Lipinski definition) is 6. The maximum absolute atomic E-state index is 4.98. The van der Waals surface area contributed by atoms with Crippen molar-refractivity contribution in [3.05, 3.63) is 270 Å². The van der Waals surface area contributed by atoms with Crippen LogP contribution in [-0.2, 0) is 10.8 Å². The Labute approximate surface area is 478 Å². The summed E-state index contributed by atoms with van der Waals surface area (Å²) in [6.07, 6.45) is 7.70. The van der Waals surface area contributed by atoms with Gasteiger partial charge in [0, 0.05) is 67.3 Å². The zero-order valence-electron chi connectivity index (χ0n) is 46.2. The zero-order chi connectivity index (χ0) is 55.2. The summed E-state index contributed by atoms with van der Waals surface area (Å²) in [5.74, 6) is 1.78. The van der Waals surface area contributed by atoms with E-state index in [0.29, 0.717) is 0 Å². The molecule has 0 amide bonds. The summed E-state index contributed by atoms with van der Waals surface area (Å²) >= 11 is 3.48. The van der Waals surface area contributed by atoms with Gasteiger partial charge in [0.25, 0.3) is 0 Å². The molecule has 396 valence electrons. The predicted octanol–water partition coefficient (Wildman–Crippen LogP) is 19.3. The Hall–Kier alpha value is -8.92. The highest BCUT2D eigenvalue weighted by Gasteiger charge is 2.36. The van der Waals surface area contributed by atoms with Gasteiger partial charge in [-0.05, 0) is 131 Å². The van der Waals surface area contributed by atoms with E-state index in [9.17, 15) is 0 Å². The number of nitrogens with zero attached hydrogens (tertiary/aromatic N) is 7. The van der Waals surface area contributed by atoms with E-state index in [0.717, 1.165) is 66.6 Å². The van der Waals surface area contributed by atoms with Gasteiger partial charge in [-0.15, -0.1) is 0 Å². The van der Waals surface area contributed by atoms with Gasteiger partial charge in [0.05, 0.1) is 11.4 Å². The lowest BCUT2D eigenvalue weighted by molar-refractivity contribution is 0.632. The van der Waals surface area contributed by atoms with E-state index in [-0.39, 0.29) is 10.8 Å². The normalized spacial score (nSPS) is 13.1. The fraction of sp³-hybridized carbons (Fsp3) is 0.155. The third kappa shape index (κ3) is 10.4. The second-order valence-electron chi connectivity index (χ2n) is 21.1. The molecule has 6 heterocycles. The van der Waals surface area contributed by atoms with Crippen LogP contribution < -0.4 is 10.2 Å². The first-order chi connectivity index (χ1) is 39.1. The number of anilines is 5. The molecule has 0 bridgehead atoms. The molecule has 0 unspecified atom stereocenters. The molecular formula is C71H65BrN8. The summed E-state index contributed by atoms with van der Waals surface area (Å²) < 4.78 is 5.29. The predicted molar refractivity (Wildman–Crippen MR) is 337 cm³/mol. The van der Waals surface area contributed by atoms with Crippen LogP contribution in [0.25, 0.3) is 56.5 Å². The molecule has 0 radical (unpaired) electrons. The van der Waals surface area contributed by atoms with Crippen molar-refractivity contribution >= 4 is 66.7 Å². The van der Waals surface area contributed by atoms with Gasteiger partial charge >= 0.3 is 0 Å². The summed E-state index contributed by atoms with van der Waals surface area (Å²) in [5, 5.41) is 3.50. The fourth-order valence-electron chi connectivity index (χ4n) is 11.1. The van der Waals surface area contributed by atoms with Crippen molar-refractivity contribution in [3.8, 4) is 34.2 Å². The number of imidazole rings is 2. The van der Waals surface area contributed by atoms with Crippen LogP contribution in [0.1, 0.15) is 83.1 Å². The van der Waals surface area contributed by atoms with Crippen molar-refractivity contribution < 1.29 is 0 Å². The van der Waals surface area contributed by atoms with Crippen molar-refractivity contribution in [2.45, 2.75) is 71.6 Å². The van der Waals surface area contributed by atoms with Crippen LogP contribution in [0.4, 0.5) is 28.4 Å². The molecule has 0 atom stereocenters. The van der Waals surface area contributed by atoms with Gasteiger partial charge in [-0.25, -0.2) is 19.9 Å². The second-order valence-corrected chi connectivity index (χ2v) is 22.1. The summed E-state index contributed by atoms with van der Waals surface area (Å²) in [6.45, 7) is 13.6. The maximum atomic E-state index is 4.98. The molecule has 0 saturated carbocycles. The SMILES string of the molecule is Brc1ccc(-c2nc3cccnc3n2-c2ccccc2)cc1.CC1(C)c2ccccc2N(c2ccc(-c3nc4cccnc4n3-c3ccccc3)cc2)c2ccccc21.CC1(C)c2ccccc2Nc2ccccc21.CCCCC. The standard InChI is InChI=1S/C33H26N4.C18H12BrN3.C15H15N.C5H12/c1-33(2)26-13-6-8-16-29(26)36(30-17-9-7-14-27(30)33)25-20-18-23(19-21-25)31-35-28-15-10-22-34-32(28)37(31)24-11-4-3-5-12-24;19-14-10-8-13(9-11-14)17-21-16-7-4-12-20-18(16)22(17)15-5-2-1-3-6-15;1-15(2)11-7-3-5-9-13(11)16-14-10-6-4-8-12(14)15;1-3-5-4-2/h3-22H,1-2H3;1-12H;3-10,16H,1-2H3;3-5H2,1-2H3. The molecule has 9 heteroatoms. The minimum Gasteiger partial charge on any atom is -0.355 e. The molecule has 8 nitrogen and oxygen atoms in total. The summed E-state index contributed by atoms with van der Waals surface area (Å²) in [7, 11) is 0. The van der Waals surface area contributed by atoms with E-state index < -0.39 is 0 Å². The molecule has 12 aromatic rings. The molecule has 0 spiro atoms. The van der Waals surface area contributed by atoms with Gasteiger partial charge in [-0.2, -0.15) is 0 Å². The van der Waals surface area contributed by atoms with Gasteiger partial charge < -0.3 is 10.2 Å². The Balaban J connectivity index is 0.000000132. The van der Waals surface area contributed by atoms with E-state index in [2.05, 4.69) is 245 Å². The third-order valence-corrected chi connectivity index (χ3v) is 15.7. The van der Waals surface area contributed by atoms with Crippen molar-refractivity contribution in [1.82, 2.24) is 29.1 Å². The van der Waals surface area contributed by atoms with E-state index in [1.165, 1.54) is 64.3 Å². The quantitative estimate of drug-likeness (QED) is 0.171. The lowest BCUT2D eigenvalue weighted by atomic mass is 9.73. The van der Waals surface area contributed by atoms with Crippen LogP contribution in [0.5, 0.6) is 0 Å². The fourth-order valence-corrected chi connectivity index (χ4v) is 11.3. The molecule has 0 aliphatic carbocycles. The molecule has 80 heavy (non-hydrogen) atoms. The summed E-state index contributed by atoms with van der Waals surface area (Å²) in [6, 6.07) is 79.8. The largest absolute Gasteiger partial charge is 0.355 e. The van der Waals surface area contributed by atoms with Crippen molar-refractivity contribution in [1.29, 1.82) is 0 Å². The van der Waals surface area contributed by atoms with E-state index in [1.807, 2.05) is 79.0 Å². The zero-order valence-corrected chi connectivity index (χ0v) is 47.8.